The van der Waals surface area contributed by atoms with Gasteiger partial charge in [-0.25, -0.2) is 13.8 Å². The van der Waals surface area contributed by atoms with Crippen LogP contribution in [0.3, 0.4) is 0 Å². The van der Waals surface area contributed by atoms with Gasteiger partial charge in [-0.05, 0) is 25.0 Å². The number of aryl methyl sites for hydroxylation is 1. The van der Waals surface area contributed by atoms with E-state index < -0.39 is 17.2 Å². The number of nitrogens with zero attached hydrogens (tertiary/aromatic N) is 5. The lowest BCUT2D eigenvalue weighted by atomic mass is 10.1. The molecule has 1 atom stereocenters. The smallest absolute Gasteiger partial charge is 0.278 e. The van der Waals surface area contributed by atoms with Crippen LogP contribution in [0, 0.1) is 23.0 Å². The first kappa shape index (κ1) is 18.1. The number of piperidine rings is 1. The number of hydrogen-bond donors (Lipinski definition) is 1. The summed E-state index contributed by atoms with van der Waals surface area (Å²) in [5, 5.41) is 9.82. The fraction of sp³-hybridized carbons (Fsp3) is 0.316. The van der Waals surface area contributed by atoms with Crippen molar-refractivity contribution in [3.63, 3.8) is 0 Å². The third-order valence-corrected chi connectivity index (χ3v) is 5.02. The molecule has 1 unspecified atom stereocenters. The van der Waals surface area contributed by atoms with Crippen LogP contribution in [0.5, 0.6) is 0 Å². The zero-order chi connectivity index (χ0) is 20.0. The molecule has 0 radical (unpaired) electrons. The quantitative estimate of drug-likeness (QED) is 0.727. The lowest BCUT2D eigenvalue weighted by Crippen LogP contribution is -2.44. The molecule has 1 aliphatic rings. The first-order chi connectivity index (χ1) is 13.4. The molecule has 3 heterocycles. The molecule has 0 saturated carbocycles. The summed E-state index contributed by atoms with van der Waals surface area (Å²) in [6, 6.07) is 5.12. The minimum atomic E-state index is -0.838. The summed E-state index contributed by atoms with van der Waals surface area (Å²) in [5.74, 6) is -1.21. The van der Waals surface area contributed by atoms with E-state index in [2.05, 4.69) is 11.1 Å². The van der Waals surface area contributed by atoms with E-state index in [1.165, 1.54) is 28.6 Å². The van der Waals surface area contributed by atoms with E-state index in [0.29, 0.717) is 18.9 Å². The molecule has 1 aliphatic heterocycles. The number of hydrogen-bond acceptors (Lipinski definition) is 5. The van der Waals surface area contributed by atoms with Crippen molar-refractivity contribution < 1.29 is 8.78 Å². The maximum Gasteiger partial charge on any atom is 0.278 e. The molecular formula is C19H18F2N6O. The van der Waals surface area contributed by atoms with E-state index in [0.717, 1.165) is 25.0 Å². The molecule has 0 bridgehead atoms. The molecule has 2 N–H and O–H groups in total. The van der Waals surface area contributed by atoms with E-state index in [9.17, 15) is 18.8 Å². The summed E-state index contributed by atoms with van der Waals surface area (Å²) in [5.41, 5.74) is 6.07. The number of rotatable bonds is 2. The molecule has 144 valence electrons. The highest BCUT2D eigenvalue weighted by atomic mass is 19.1. The van der Waals surface area contributed by atoms with E-state index in [4.69, 9.17) is 5.73 Å². The predicted molar refractivity (Wildman–Crippen MR) is 100 cm³/mol. The number of aromatic nitrogens is 3. The van der Waals surface area contributed by atoms with Gasteiger partial charge in [0.05, 0.1) is 12.0 Å². The van der Waals surface area contributed by atoms with Crippen LogP contribution in [0.2, 0.25) is 0 Å². The first-order valence-corrected chi connectivity index (χ1v) is 8.88. The summed E-state index contributed by atoms with van der Waals surface area (Å²) in [6.45, 7) is 1.05. The molecule has 4 rings (SSSR count). The Morgan fingerprint density at radius 2 is 2.14 bits per heavy atom. The number of nitriles is 1. The molecule has 1 fully saturated rings. The van der Waals surface area contributed by atoms with Crippen molar-refractivity contribution in [2.45, 2.75) is 18.9 Å². The Morgan fingerprint density at radius 3 is 2.82 bits per heavy atom. The van der Waals surface area contributed by atoms with Crippen molar-refractivity contribution in [3.05, 3.63) is 52.1 Å². The highest BCUT2D eigenvalue weighted by Crippen LogP contribution is 2.35. The number of nitrogens with two attached hydrogens (primary N) is 1. The van der Waals surface area contributed by atoms with Gasteiger partial charge in [0.2, 0.25) is 0 Å². The third kappa shape index (κ3) is 2.73. The Bertz CT molecular complexity index is 1180. The number of halogens is 2. The van der Waals surface area contributed by atoms with Gasteiger partial charge in [-0.2, -0.15) is 5.26 Å². The average molecular weight is 384 g/mol. The fourth-order valence-corrected chi connectivity index (χ4v) is 3.74. The van der Waals surface area contributed by atoms with Gasteiger partial charge in [0.1, 0.15) is 40.1 Å². The molecule has 0 spiro atoms. The summed E-state index contributed by atoms with van der Waals surface area (Å²) >= 11 is 0. The second-order valence-electron chi connectivity index (χ2n) is 6.95. The lowest BCUT2D eigenvalue weighted by molar-refractivity contribution is 0.501. The van der Waals surface area contributed by atoms with E-state index in [1.54, 1.807) is 0 Å². The van der Waals surface area contributed by atoms with Crippen LogP contribution in [0.25, 0.3) is 16.7 Å². The van der Waals surface area contributed by atoms with Gasteiger partial charge >= 0.3 is 0 Å². The normalized spacial score (nSPS) is 17.1. The summed E-state index contributed by atoms with van der Waals surface area (Å²) < 4.78 is 30.8. The highest BCUT2D eigenvalue weighted by Gasteiger charge is 2.30. The van der Waals surface area contributed by atoms with E-state index in [-0.39, 0.29) is 28.3 Å². The average Bonchev–Trinajstić information content (AvgIpc) is 2.99. The number of benzene rings is 1. The zero-order valence-corrected chi connectivity index (χ0v) is 15.2. The molecule has 3 aromatic rings. The van der Waals surface area contributed by atoms with Crippen molar-refractivity contribution in [2.24, 2.45) is 12.8 Å². The summed E-state index contributed by atoms with van der Waals surface area (Å²) in [7, 11) is 1.52. The Kier molecular flexibility index (Phi) is 4.35. The van der Waals surface area contributed by atoms with Crippen LogP contribution in [0.15, 0.2) is 29.3 Å². The molecule has 2 aromatic heterocycles. The number of anilines is 1. The summed E-state index contributed by atoms with van der Waals surface area (Å²) in [6.07, 6.45) is 2.96. The molecule has 0 aliphatic carbocycles. The van der Waals surface area contributed by atoms with Crippen molar-refractivity contribution in [1.29, 1.82) is 5.26 Å². The maximum absolute atomic E-state index is 14.7. The van der Waals surface area contributed by atoms with Crippen LogP contribution in [-0.4, -0.2) is 33.2 Å². The highest BCUT2D eigenvalue weighted by molar-refractivity contribution is 5.91. The van der Waals surface area contributed by atoms with E-state index >= 15 is 0 Å². The molecular weight excluding hydrogens is 366 g/mol. The summed E-state index contributed by atoms with van der Waals surface area (Å²) in [4.78, 5) is 19.0. The minimum Gasteiger partial charge on any atom is -0.355 e. The first-order valence-electron chi connectivity index (χ1n) is 8.88. The third-order valence-electron chi connectivity index (χ3n) is 5.02. The van der Waals surface area contributed by atoms with Gasteiger partial charge in [0.25, 0.3) is 5.56 Å². The van der Waals surface area contributed by atoms with Gasteiger partial charge in [-0.15, -0.1) is 0 Å². The monoisotopic (exact) mass is 384 g/mol. The van der Waals surface area contributed by atoms with Gasteiger partial charge in [0, 0.05) is 32.2 Å². The largest absolute Gasteiger partial charge is 0.355 e. The molecule has 0 amide bonds. The van der Waals surface area contributed by atoms with Gasteiger partial charge in [-0.3, -0.25) is 9.36 Å². The molecule has 1 aromatic carbocycles. The van der Waals surface area contributed by atoms with Crippen LogP contribution in [-0.2, 0) is 7.05 Å². The van der Waals surface area contributed by atoms with Crippen molar-refractivity contribution >= 4 is 16.9 Å². The van der Waals surface area contributed by atoms with E-state index in [1.807, 2.05) is 4.90 Å². The Labute approximate surface area is 159 Å². The molecule has 7 nitrogen and oxygen atoms in total. The van der Waals surface area contributed by atoms with Crippen LogP contribution >= 0.6 is 0 Å². The lowest BCUT2D eigenvalue weighted by Gasteiger charge is -2.33. The van der Waals surface area contributed by atoms with Crippen molar-refractivity contribution in [3.8, 4) is 11.8 Å². The van der Waals surface area contributed by atoms with Gasteiger partial charge in [0.15, 0.2) is 0 Å². The number of fused-ring (bicyclic) bond motifs is 1. The zero-order valence-electron chi connectivity index (χ0n) is 15.2. The Balaban J connectivity index is 2.13. The Morgan fingerprint density at radius 1 is 1.36 bits per heavy atom. The van der Waals surface area contributed by atoms with Crippen LogP contribution in [0.4, 0.5) is 14.6 Å². The predicted octanol–water partition coefficient (Wildman–Crippen LogP) is 1.80. The maximum atomic E-state index is 14.7. The second-order valence-corrected chi connectivity index (χ2v) is 6.95. The van der Waals surface area contributed by atoms with Crippen molar-refractivity contribution in [1.82, 2.24) is 14.1 Å². The molecule has 1 saturated heterocycles. The minimum absolute atomic E-state index is 0.0212. The van der Waals surface area contributed by atoms with Crippen LogP contribution in [0.1, 0.15) is 18.4 Å². The standard InChI is InChI=1S/C19H18F2N6O/c1-25-10-24-16-13(8-22)18(26-6-2-3-12(23)9-26)27(17(16)19(25)28)15-5-4-11(20)7-14(15)21/h4-5,7,10,12H,2-3,6,9,23H2,1H3. The topological polar surface area (TPSA) is 92.9 Å². The second kappa shape index (κ2) is 6.73. The fourth-order valence-electron chi connectivity index (χ4n) is 3.74. The van der Waals surface area contributed by atoms with Crippen LogP contribution < -0.4 is 16.2 Å². The SMILES string of the molecule is Cn1cnc2c(C#N)c(N3CCCC(N)C3)n(-c3ccc(F)cc3F)c2c1=O. The van der Waals surface area contributed by atoms with Gasteiger partial charge in [-0.1, -0.05) is 0 Å². The van der Waals surface area contributed by atoms with Crippen molar-refractivity contribution in [2.75, 3.05) is 18.0 Å². The Hall–Kier alpha value is -3.25. The van der Waals surface area contributed by atoms with Gasteiger partial charge < -0.3 is 15.2 Å². The molecule has 28 heavy (non-hydrogen) atoms. The molecule has 9 heteroatoms.